The number of carbonyl (C=O) groups excluding carboxylic acids is 2. The Bertz CT molecular complexity index is 943. The van der Waals surface area contributed by atoms with E-state index < -0.39 is 17.7 Å². The maximum Gasteiger partial charge on any atom is 0.416 e. The molecule has 2 N–H and O–H groups in total. The lowest BCUT2D eigenvalue weighted by Crippen LogP contribution is -2.41. The van der Waals surface area contributed by atoms with Gasteiger partial charge < -0.3 is 20.1 Å². The molecule has 0 bridgehead atoms. The van der Waals surface area contributed by atoms with Gasteiger partial charge in [-0.3, -0.25) is 9.59 Å². The zero-order valence-electron chi connectivity index (χ0n) is 18.7. The Labute approximate surface area is 190 Å². The van der Waals surface area contributed by atoms with Crippen LogP contribution in [0.4, 0.5) is 13.2 Å². The first kappa shape index (κ1) is 24.8. The van der Waals surface area contributed by atoms with Crippen LogP contribution in [0.5, 0.6) is 0 Å². The molecule has 10 heteroatoms. The summed E-state index contributed by atoms with van der Waals surface area (Å²) in [6.07, 6.45) is -2.17. The molecule has 0 radical (unpaired) electrons. The number of benzene rings is 1. The van der Waals surface area contributed by atoms with Crippen molar-refractivity contribution in [1.82, 2.24) is 20.7 Å². The van der Waals surface area contributed by atoms with Gasteiger partial charge >= 0.3 is 6.18 Å². The van der Waals surface area contributed by atoms with Gasteiger partial charge in [-0.2, -0.15) is 13.2 Å². The molecule has 1 aromatic heterocycles. The number of aryl methyl sites for hydroxylation is 1. The van der Waals surface area contributed by atoms with Gasteiger partial charge in [0.1, 0.15) is 11.5 Å². The number of nitrogens with one attached hydrogen (secondary N) is 2. The number of nitrogens with zero attached hydrogens (tertiary/aromatic N) is 2. The van der Waals surface area contributed by atoms with Gasteiger partial charge in [-0.15, -0.1) is 0 Å². The summed E-state index contributed by atoms with van der Waals surface area (Å²) in [6.45, 7) is 2.87. The van der Waals surface area contributed by atoms with Crippen LogP contribution in [0.15, 0.2) is 34.9 Å². The van der Waals surface area contributed by atoms with Crippen LogP contribution in [0.3, 0.4) is 0 Å². The molecule has 2 heterocycles. The average molecular weight is 467 g/mol. The van der Waals surface area contributed by atoms with Gasteiger partial charge in [-0.05, 0) is 37.5 Å². The van der Waals surface area contributed by atoms with Gasteiger partial charge in [0, 0.05) is 44.6 Å². The van der Waals surface area contributed by atoms with Crippen LogP contribution in [0.2, 0.25) is 0 Å². The van der Waals surface area contributed by atoms with E-state index >= 15 is 0 Å². The van der Waals surface area contributed by atoms with Crippen LogP contribution in [0.25, 0.3) is 0 Å². The van der Waals surface area contributed by atoms with Crippen molar-refractivity contribution in [3.8, 4) is 0 Å². The van der Waals surface area contributed by atoms with Crippen molar-refractivity contribution >= 4 is 11.8 Å². The highest BCUT2D eigenvalue weighted by Crippen LogP contribution is 2.29. The molecule has 2 aromatic rings. The van der Waals surface area contributed by atoms with Gasteiger partial charge in [-0.1, -0.05) is 23.7 Å². The smallest absolute Gasteiger partial charge is 0.361 e. The predicted octanol–water partition coefficient (Wildman–Crippen LogP) is 3.43. The molecule has 1 aliphatic heterocycles. The second-order valence-electron chi connectivity index (χ2n) is 8.53. The van der Waals surface area contributed by atoms with E-state index in [1.807, 2.05) is 0 Å². The number of likely N-dealkylation sites (N-methyl/N-ethyl adjacent to an activating group) is 1. The minimum absolute atomic E-state index is 0.0267. The number of carbonyl (C=O) groups is 2. The van der Waals surface area contributed by atoms with E-state index in [4.69, 9.17) is 4.52 Å². The van der Waals surface area contributed by atoms with Crippen molar-refractivity contribution in [2.24, 2.45) is 5.92 Å². The van der Waals surface area contributed by atoms with E-state index in [1.165, 1.54) is 12.1 Å². The normalized spacial score (nSPS) is 20.2. The van der Waals surface area contributed by atoms with Gasteiger partial charge in [0.25, 0.3) is 0 Å². The summed E-state index contributed by atoms with van der Waals surface area (Å²) in [5.74, 6) is -0.0702. The number of halogens is 3. The Kier molecular flexibility index (Phi) is 8.12. The summed E-state index contributed by atoms with van der Waals surface area (Å²) in [4.78, 5) is 26.9. The highest BCUT2D eigenvalue weighted by molar-refractivity contribution is 5.85. The molecule has 180 valence electrons. The lowest BCUT2D eigenvalue weighted by atomic mass is 9.96. The number of alkyl halides is 3. The standard InChI is InChI=1S/C23H29F3N4O3/c1-15-10-20(29-33-15)13-28-22(32)17-4-3-5-19(14-30(2)21(31)11-17)27-12-16-6-8-18(9-7-16)23(24,25)26/h6-10,17,19,27H,3-5,11-14H2,1-2H3,(H,28,32)/t17-,19-/m1/s1. The highest BCUT2D eigenvalue weighted by atomic mass is 19.4. The molecule has 0 saturated carbocycles. The van der Waals surface area contributed by atoms with E-state index in [-0.39, 0.29) is 30.8 Å². The minimum atomic E-state index is -4.36. The van der Waals surface area contributed by atoms with E-state index in [2.05, 4.69) is 15.8 Å². The molecule has 0 aliphatic carbocycles. The third-order valence-corrected chi connectivity index (χ3v) is 5.81. The first-order valence-corrected chi connectivity index (χ1v) is 10.9. The van der Waals surface area contributed by atoms with E-state index in [1.54, 1.807) is 24.9 Å². The minimum Gasteiger partial charge on any atom is -0.361 e. The maximum atomic E-state index is 12.7. The van der Waals surface area contributed by atoms with Crippen molar-refractivity contribution in [1.29, 1.82) is 0 Å². The number of rotatable bonds is 6. The molecule has 0 spiro atoms. The fraction of sp³-hybridized carbons (Fsp3) is 0.522. The summed E-state index contributed by atoms with van der Waals surface area (Å²) < 4.78 is 43.2. The zero-order chi connectivity index (χ0) is 24.0. The van der Waals surface area contributed by atoms with Crippen molar-refractivity contribution in [2.45, 2.75) is 57.9 Å². The summed E-state index contributed by atoms with van der Waals surface area (Å²) in [5.41, 5.74) is 0.680. The topological polar surface area (TPSA) is 87.5 Å². The fourth-order valence-electron chi connectivity index (χ4n) is 3.89. The first-order chi connectivity index (χ1) is 15.6. The van der Waals surface area contributed by atoms with Crippen molar-refractivity contribution < 1.29 is 27.3 Å². The average Bonchev–Trinajstić information content (AvgIpc) is 3.21. The molecule has 1 aromatic carbocycles. The molecule has 0 unspecified atom stereocenters. The van der Waals surface area contributed by atoms with Gasteiger partial charge in [0.05, 0.1) is 12.1 Å². The lowest BCUT2D eigenvalue weighted by Gasteiger charge is -2.24. The molecule has 2 amide bonds. The Morgan fingerprint density at radius 2 is 1.94 bits per heavy atom. The van der Waals surface area contributed by atoms with Crippen molar-refractivity contribution in [2.75, 3.05) is 13.6 Å². The van der Waals surface area contributed by atoms with Crippen LogP contribution in [0.1, 0.15) is 48.3 Å². The number of amides is 2. The Balaban J connectivity index is 1.53. The Hall–Kier alpha value is -2.88. The maximum absolute atomic E-state index is 12.7. The first-order valence-electron chi connectivity index (χ1n) is 10.9. The van der Waals surface area contributed by atoms with Crippen LogP contribution < -0.4 is 10.6 Å². The second kappa shape index (κ2) is 10.8. The van der Waals surface area contributed by atoms with E-state index in [0.29, 0.717) is 31.0 Å². The van der Waals surface area contributed by atoms with Gasteiger partial charge in [0.15, 0.2) is 0 Å². The highest BCUT2D eigenvalue weighted by Gasteiger charge is 2.30. The van der Waals surface area contributed by atoms with E-state index in [0.717, 1.165) is 30.5 Å². The number of hydrogen-bond acceptors (Lipinski definition) is 5. The Morgan fingerprint density at radius 3 is 2.58 bits per heavy atom. The van der Waals surface area contributed by atoms with Crippen LogP contribution >= 0.6 is 0 Å². The SMILES string of the molecule is Cc1cc(CNC(=O)[C@@H]2CCC[C@@H](NCc3ccc(C(F)(F)F)cc3)CN(C)C(=O)C2)no1. The molecule has 7 nitrogen and oxygen atoms in total. The molecule has 1 fully saturated rings. The molecular weight excluding hydrogens is 437 g/mol. The lowest BCUT2D eigenvalue weighted by molar-refractivity contribution is -0.137. The number of hydrogen-bond donors (Lipinski definition) is 2. The summed E-state index contributed by atoms with van der Waals surface area (Å²) in [6, 6.07) is 6.77. The van der Waals surface area contributed by atoms with Crippen LogP contribution in [-0.4, -0.2) is 41.5 Å². The molecular formula is C23H29F3N4O3. The molecule has 1 saturated heterocycles. The molecule has 1 aliphatic rings. The van der Waals surface area contributed by atoms with Gasteiger partial charge in [0.2, 0.25) is 11.8 Å². The molecule has 3 rings (SSSR count). The largest absolute Gasteiger partial charge is 0.416 e. The third kappa shape index (κ3) is 7.31. The fourth-order valence-corrected chi connectivity index (χ4v) is 3.89. The summed E-state index contributed by atoms with van der Waals surface area (Å²) in [7, 11) is 1.70. The van der Waals surface area contributed by atoms with Gasteiger partial charge in [-0.25, -0.2) is 0 Å². The second-order valence-corrected chi connectivity index (χ2v) is 8.53. The number of aromatic nitrogens is 1. The van der Waals surface area contributed by atoms with E-state index in [9.17, 15) is 22.8 Å². The molecule has 33 heavy (non-hydrogen) atoms. The molecule has 2 atom stereocenters. The third-order valence-electron chi connectivity index (χ3n) is 5.81. The van der Waals surface area contributed by atoms with Crippen LogP contribution in [0, 0.1) is 12.8 Å². The quantitative estimate of drug-likeness (QED) is 0.681. The monoisotopic (exact) mass is 466 g/mol. The summed E-state index contributed by atoms with van der Waals surface area (Å²) in [5, 5.41) is 10.0. The summed E-state index contributed by atoms with van der Waals surface area (Å²) >= 11 is 0. The zero-order valence-corrected chi connectivity index (χ0v) is 18.7. The van der Waals surface area contributed by atoms with Crippen molar-refractivity contribution in [3.05, 3.63) is 52.9 Å². The van der Waals surface area contributed by atoms with Crippen molar-refractivity contribution in [3.63, 3.8) is 0 Å². The van der Waals surface area contributed by atoms with Crippen LogP contribution in [-0.2, 0) is 28.9 Å². The predicted molar refractivity (Wildman–Crippen MR) is 115 cm³/mol. The Morgan fingerprint density at radius 1 is 1.21 bits per heavy atom.